The van der Waals surface area contributed by atoms with Gasteiger partial charge in [0.1, 0.15) is 0 Å². The van der Waals surface area contributed by atoms with E-state index in [-0.39, 0.29) is 26.6 Å². The van der Waals surface area contributed by atoms with Crippen molar-refractivity contribution in [2.45, 2.75) is 57.3 Å². The molecule has 1 saturated carbocycles. The predicted octanol–water partition coefficient (Wildman–Crippen LogP) is 3.36. The summed E-state index contributed by atoms with van der Waals surface area (Å²) in [6.07, 6.45) is -0.0526. The van der Waals surface area contributed by atoms with Crippen molar-refractivity contribution in [2.75, 3.05) is 20.2 Å². The average Bonchev–Trinajstić information content (AvgIpc) is 2.29. The van der Waals surface area contributed by atoms with Gasteiger partial charge in [0, 0.05) is 32.7 Å². The van der Waals surface area contributed by atoms with Gasteiger partial charge >= 0.3 is 6.18 Å². The van der Waals surface area contributed by atoms with E-state index in [2.05, 4.69) is 6.07 Å². The number of likely N-dealkylation sites (tertiary alicyclic amines) is 1. The maximum atomic E-state index is 12.9. The fourth-order valence-electron chi connectivity index (χ4n) is 3.14. The van der Waals surface area contributed by atoms with Crippen molar-refractivity contribution in [2.24, 2.45) is 5.92 Å². The van der Waals surface area contributed by atoms with Crippen molar-refractivity contribution in [3.63, 3.8) is 0 Å². The Morgan fingerprint density at radius 2 is 1.80 bits per heavy atom. The minimum atomic E-state index is -4.30. The molecule has 0 bridgehead atoms. The quantitative estimate of drug-likeness (QED) is 0.800. The summed E-state index contributed by atoms with van der Waals surface area (Å²) in [7, 11) is 1.13. The Bertz CT molecular complexity index is 350. The predicted molar refractivity (Wildman–Crippen MR) is 70.1 cm³/mol. The van der Waals surface area contributed by atoms with Crippen LogP contribution in [0.25, 0.3) is 0 Å². The summed E-state index contributed by atoms with van der Waals surface area (Å²) in [5.41, 5.74) is -1.96. The highest BCUT2D eigenvalue weighted by atomic mass is 19.4. The summed E-state index contributed by atoms with van der Waals surface area (Å²) in [6.45, 7) is -0.110. The normalized spacial score (nSPS) is 29.9. The molecule has 1 heterocycles. The standard InChI is InChI=1S/C13H19F3N2O.CH4/c1-19-12(13(14,15)16)8-18(9-12)11-4-2-10(3-5-11)6-7-17;/h10-11H,2-6,8-9H2,1H3;1H4. The second-order valence-electron chi connectivity index (χ2n) is 5.64. The first-order valence-electron chi connectivity index (χ1n) is 6.65. The molecule has 3 nitrogen and oxygen atoms in total. The number of methoxy groups -OCH3 is 1. The zero-order valence-electron chi connectivity index (χ0n) is 11.0. The van der Waals surface area contributed by atoms with E-state index in [9.17, 15) is 13.2 Å². The Morgan fingerprint density at radius 3 is 2.20 bits per heavy atom. The highest BCUT2D eigenvalue weighted by molar-refractivity contribution is 5.05. The van der Waals surface area contributed by atoms with Crippen LogP contribution in [0.15, 0.2) is 0 Å². The molecular formula is C14H23F3N2O. The summed E-state index contributed by atoms with van der Waals surface area (Å²) in [5.74, 6) is 0.428. The molecule has 1 saturated heterocycles. The lowest BCUT2D eigenvalue weighted by Crippen LogP contribution is -2.72. The molecule has 6 heteroatoms. The van der Waals surface area contributed by atoms with Crippen LogP contribution in [-0.2, 0) is 4.74 Å². The highest BCUT2D eigenvalue weighted by Gasteiger charge is 2.63. The van der Waals surface area contributed by atoms with Crippen LogP contribution in [0.1, 0.15) is 39.5 Å². The van der Waals surface area contributed by atoms with Gasteiger partial charge in [-0.3, -0.25) is 4.90 Å². The summed E-state index contributed by atoms with van der Waals surface area (Å²) < 4.78 is 43.3. The molecule has 0 N–H and O–H groups in total. The number of hydrogen-bond acceptors (Lipinski definition) is 3. The minimum Gasteiger partial charge on any atom is -0.366 e. The van der Waals surface area contributed by atoms with Crippen molar-refractivity contribution in [1.29, 1.82) is 5.26 Å². The molecule has 116 valence electrons. The van der Waals surface area contributed by atoms with E-state index in [1.807, 2.05) is 4.90 Å². The van der Waals surface area contributed by atoms with Crippen LogP contribution in [-0.4, -0.2) is 42.9 Å². The van der Waals surface area contributed by atoms with E-state index in [0.717, 1.165) is 32.8 Å². The van der Waals surface area contributed by atoms with Crippen LogP contribution in [0.2, 0.25) is 0 Å². The van der Waals surface area contributed by atoms with E-state index in [0.29, 0.717) is 12.3 Å². The van der Waals surface area contributed by atoms with Gasteiger partial charge in [-0.05, 0) is 31.6 Å². The average molecular weight is 292 g/mol. The molecule has 0 radical (unpaired) electrons. The van der Waals surface area contributed by atoms with Crippen LogP contribution in [0.3, 0.4) is 0 Å². The molecule has 20 heavy (non-hydrogen) atoms. The second-order valence-corrected chi connectivity index (χ2v) is 5.64. The zero-order valence-corrected chi connectivity index (χ0v) is 11.0. The van der Waals surface area contributed by atoms with Crippen LogP contribution >= 0.6 is 0 Å². The Labute approximate surface area is 118 Å². The van der Waals surface area contributed by atoms with Gasteiger partial charge in [-0.15, -0.1) is 0 Å². The van der Waals surface area contributed by atoms with E-state index in [4.69, 9.17) is 10.00 Å². The number of nitrogens with zero attached hydrogens (tertiary/aromatic N) is 2. The number of ether oxygens (including phenoxy) is 1. The molecule has 0 aromatic heterocycles. The Balaban J connectivity index is 0.00000200. The number of hydrogen-bond donors (Lipinski definition) is 0. The van der Waals surface area contributed by atoms with E-state index >= 15 is 0 Å². The lowest BCUT2D eigenvalue weighted by molar-refractivity contribution is -0.315. The lowest BCUT2D eigenvalue weighted by atomic mass is 9.81. The molecule has 1 aliphatic heterocycles. The maximum Gasteiger partial charge on any atom is 0.419 e. The molecule has 0 aromatic rings. The van der Waals surface area contributed by atoms with Crippen LogP contribution in [0.5, 0.6) is 0 Å². The van der Waals surface area contributed by atoms with Gasteiger partial charge in [-0.2, -0.15) is 18.4 Å². The number of nitriles is 1. The van der Waals surface area contributed by atoms with Gasteiger partial charge in [0.25, 0.3) is 0 Å². The van der Waals surface area contributed by atoms with Crippen LogP contribution in [0, 0.1) is 17.2 Å². The van der Waals surface area contributed by atoms with Gasteiger partial charge in [0.15, 0.2) is 5.60 Å². The molecule has 0 atom stereocenters. The summed E-state index contributed by atoms with van der Waals surface area (Å²) in [6, 6.07) is 2.39. The number of rotatable bonds is 3. The molecule has 2 fully saturated rings. The molecule has 0 spiro atoms. The smallest absolute Gasteiger partial charge is 0.366 e. The molecule has 1 aliphatic carbocycles. The van der Waals surface area contributed by atoms with Gasteiger partial charge in [-0.1, -0.05) is 7.43 Å². The molecule has 2 aliphatic rings. The summed E-state index contributed by atoms with van der Waals surface area (Å²) >= 11 is 0. The van der Waals surface area contributed by atoms with Gasteiger partial charge in [0.05, 0.1) is 6.07 Å². The highest BCUT2D eigenvalue weighted by Crippen LogP contribution is 2.43. The first-order valence-corrected chi connectivity index (χ1v) is 6.65. The summed E-state index contributed by atoms with van der Waals surface area (Å²) in [4.78, 5) is 1.87. The lowest BCUT2D eigenvalue weighted by Gasteiger charge is -2.53. The molecule has 0 amide bonds. The van der Waals surface area contributed by atoms with E-state index in [1.54, 1.807) is 0 Å². The summed E-state index contributed by atoms with van der Waals surface area (Å²) in [5, 5.41) is 8.64. The van der Waals surface area contributed by atoms with Crippen molar-refractivity contribution in [1.82, 2.24) is 4.90 Å². The van der Waals surface area contributed by atoms with Gasteiger partial charge < -0.3 is 4.74 Å². The first-order chi connectivity index (χ1) is 8.92. The van der Waals surface area contributed by atoms with Crippen molar-refractivity contribution in [3.05, 3.63) is 0 Å². The van der Waals surface area contributed by atoms with E-state index in [1.165, 1.54) is 0 Å². The van der Waals surface area contributed by atoms with Crippen molar-refractivity contribution < 1.29 is 17.9 Å². The topological polar surface area (TPSA) is 36.3 Å². The molecule has 0 unspecified atom stereocenters. The van der Waals surface area contributed by atoms with Crippen LogP contribution in [0.4, 0.5) is 13.2 Å². The molecule has 0 aromatic carbocycles. The van der Waals surface area contributed by atoms with E-state index < -0.39 is 11.8 Å². The van der Waals surface area contributed by atoms with Gasteiger partial charge in [0.2, 0.25) is 0 Å². The largest absolute Gasteiger partial charge is 0.419 e. The minimum absolute atomic E-state index is 0. The number of alkyl halides is 3. The third kappa shape index (κ3) is 3.09. The van der Waals surface area contributed by atoms with Crippen molar-refractivity contribution >= 4 is 0 Å². The maximum absolute atomic E-state index is 12.9. The number of halogens is 3. The Hall–Kier alpha value is -0.800. The Morgan fingerprint density at radius 1 is 1.25 bits per heavy atom. The molecular weight excluding hydrogens is 269 g/mol. The SMILES string of the molecule is C.COC1(C(F)(F)F)CN(C2CCC(CC#N)CC2)C1. The first kappa shape index (κ1) is 17.3. The van der Waals surface area contributed by atoms with Crippen molar-refractivity contribution in [3.8, 4) is 6.07 Å². The Kier molecular flexibility index (Phi) is 5.45. The fourth-order valence-corrected chi connectivity index (χ4v) is 3.14. The van der Waals surface area contributed by atoms with Gasteiger partial charge in [-0.25, -0.2) is 0 Å². The van der Waals surface area contributed by atoms with Crippen LogP contribution < -0.4 is 0 Å². The molecule has 2 rings (SSSR count). The second kappa shape index (κ2) is 6.31. The fraction of sp³-hybridized carbons (Fsp3) is 0.929. The zero-order chi connectivity index (χ0) is 14.1. The third-order valence-electron chi connectivity index (χ3n) is 4.54. The monoisotopic (exact) mass is 292 g/mol. The third-order valence-corrected chi connectivity index (χ3v) is 4.54.